The van der Waals surface area contributed by atoms with Crippen molar-refractivity contribution in [3.05, 3.63) is 27.7 Å². The second kappa shape index (κ2) is 8.63. The Morgan fingerprint density at radius 3 is 2.33 bits per heavy atom. The Bertz CT molecular complexity index is 346. The second-order valence-electron chi connectivity index (χ2n) is 4.36. The normalized spacial score (nSPS) is 10.7. The molecule has 0 amide bonds. The SMILES string of the molecule is CCCCNCCCOc1c(Cl)cc(C)cc1Cl. The first kappa shape index (κ1) is 15.6. The third kappa shape index (κ3) is 5.47. The van der Waals surface area contributed by atoms with Gasteiger partial charge in [-0.1, -0.05) is 36.5 Å². The molecule has 0 atom stereocenters. The summed E-state index contributed by atoms with van der Waals surface area (Å²) in [5, 5.41) is 4.53. The van der Waals surface area contributed by atoms with E-state index in [2.05, 4.69) is 12.2 Å². The predicted molar refractivity (Wildman–Crippen MR) is 79.1 cm³/mol. The van der Waals surface area contributed by atoms with Crippen LogP contribution in [0.1, 0.15) is 31.7 Å². The molecule has 0 saturated heterocycles. The van der Waals surface area contributed by atoms with Crippen LogP contribution in [-0.4, -0.2) is 19.7 Å². The lowest BCUT2D eigenvalue weighted by Crippen LogP contribution is -2.18. The minimum absolute atomic E-state index is 0.582. The van der Waals surface area contributed by atoms with Crippen LogP contribution < -0.4 is 10.1 Å². The van der Waals surface area contributed by atoms with Crippen molar-refractivity contribution in [2.75, 3.05) is 19.7 Å². The van der Waals surface area contributed by atoms with E-state index < -0.39 is 0 Å². The Hall–Kier alpha value is -0.440. The highest BCUT2D eigenvalue weighted by molar-refractivity contribution is 6.37. The standard InChI is InChI=1S/C14H21Cl2NO/c1-3-4-6-17-7-5-8-18-14-12(15)9-11(2)10-13(14)16/h9-10,17H,3-8H2,1-2H3. The summed E-state index contributed by atoms with van der Waals surface area (Å²) in [7, 11) is 0. The number of halogens is 2. The van der Waals surface area contributed by atoms with Crippen LogP contribution in [0.15, 0.2) is 12.1 Å². The Morgan fingerprint density at radius 1 is 1.11 bits per heavy atom. The number of ether oxygens (including phenoxy) is 1. The summed E-state index contributed by atoms with van der Waals surface area (Å²) >= 11 is 12.2. The smallest absolute Gasteiger partial charge is 0.156 e. The summed E-state index contributed by atoms with van der Waals surface area (Å²) in [4.78, 5) is 0. The van der Waals surface area contributed by atoms with Crippen molar-refractivity contribution in [3.8, 4) is 5.75 Å². The molecule has 1 N–H and O–H groups in total. The molecule has 0 aliphatic carbocycles. The molecule has 1 aromatic rings. The molecule has 1 aromatic carbocycles. The summed E-state index contributed by atoms with van der Waals surface area (Å²) in [6.45, 7) is 6.80. The largest absolute Gasteiger partial charge is 0.490 e. The molecule has 0 unspecified atom stereocenters. The van der Waals surface area contributed by atoms with Gasteiger partial charge in [0, 0.05) is 0 Å². The zero-order valence-electron chi connectivity index (χ0n) is 11.1. The van der Waals surface area contributed by atoms with E-state index in [-0.39, 0.29) is 0 Å². The van der Waals surface area contributed by atoms with Crippen LogP contribution in [0.5, 0.6) is 5.75 Å². The molecule has 1 rings (SSSR count). The molecular formula is C14H21Cl2NO. The molecule has 0 bridgehead atoms. The van der Waals surface area contributed by atoms with Crippen molar-refractivity contribution in [3.63, 3.8) is 0 Å². The van der Waals surface area contributed by atoms with Crippen LogP contribution in [0.4, 0.5) is 0 Å². The van der Waals surface area contributed by atoms with Crippen molar-refractivity contribution < 1.29 is 4.74 Å². The van der Waals surface area contributed by atoms with E-state index in [1.54, 1.807) is 0 Å². The van der Waals surface area contributed by atoms with Crippen LogP contribution >= 0.6 is 23.2 Å². The van der Waals surface area contributed by atoms with Crippen LogP contribution in [0, 0.1) is 6.92 Å². The number of hydrogen-bond acceptors (Lipinski definition) is 2. The fraction of sp³-hybridized carbons (Fsp3) is 0.571. The van der Waals surface area contributed by atoms with Gasteiger partial charge in [-0.05, 0) is 50.6 Å². The second-order valence-corrected chi connectivity index (χ2v) is 5.18. The summed E-state index contributed by atoms with van der Waals surface area (Å²) in [6, 6.07) is 3.73. The molecule has 0 heterocycles. The van der Waals surface area contributed by atoms with E-state index in [9.17, 15) is 0 Å². The first-order chi connectivity index (χ1) is 8.65. The maximum Gasteiger partial charge on any atom is 0.156 e. The fourth-order valence-electron chi connectivity index (χ4n) is 1.62. The first-order valence-corrected chi connectivity index (χ1v) is 7.20. The third-order valence-electron chi connectivity index (χ3n) is 2.59. The lowest BCUT2D eigenvalue weighted by molar-refractivity contribution is 0.308. The summed E-state index contributed by atoms with van der Waals surface area (Å²) in [6.07, 6.45) is 3.39. The zero-order chi connectivity index (χ0) is 13.4. The molecule has 0 aliphatic rings. The van der Waals surface area contributed by atoms with Gasteiger partial charge in [0.15, 0.2) is 5.75 Å². The number of aryl methyl sites for hydroxylation is 1. The van der Waals surface area contributed by atoms with Crippen LogP contribution in [0.2, 0.25) is 10.0 Å². The van der Waals surface area contributed by atoms with Crippen molar-refractivity contribution in [1.82, 2.24) is 5.32 Å². The van der Waals surface area contributed by atoms with Gasteiger partial charge < -0.3 is 10.1 Å². The van der Waals surface area contributed by atoms with Gasteiger partial charge in [0.1, 0.15) is 0 Å². The maximum atomic E-state index is 6.09. The minimum atomic E-state index is 0.582. The first-order valence-electron chi connectivity index (χ1n) is 6.44. The van der Waals surface area contributed by atoms with Crippen molar-refractivity contribution in [1.29, 1.82) is 0 Å². The molecule has 0 spiro atoms. The molecule has 0 saturated carbocycles. The number of nitrogens with one attached hydrogen (secondary N) is 1. The monoisotopic (exact) mass is 289 g/mol. The van der Waals surface area contributed by atoms with Crippen molar-refractivity contribution >= 4 is 23.2 Å². The summed E-state index contributed by atoms with van der Waals surface area (Å²) in [5.41, 5.74) is 1.04. The van der Waals surface area contributed by atoms with Gasteiger partial charge in [0.2, 0.25) is 0 Å². The van der Waals surface area contributed by atoms with E-state index in [4.69, 9.17) is 27.9 Å². The molecule has 0 aliphatic heterocycles. The molecule has 2 nitrogen and oxygen atoms in total. The Morgan fingerprint density at radius 2 is 1.72 bits per heavy atom. The minimum Gasteiger partial charge on any atom is -0.490 e. The van der Waals surface area contributed by atoms with Gasteiger partial charge in [0.25, 0.3) is 0 Å². The highest BCUT2D eigenvalue weighted by Crippen LogP contribution is 2.33. The topological polar surface area (TPSA) is 21.3 Å². The molecule has 102 valence electrons. The quantitative estimate of drug-likeness (QED) is 0.714. The molecule has 0 fully saturated rings. The van der Waals surface area contributed by atoms with Gasteiger partial charge in [-0.25, -0.2) is 0 Å². The lowest BCUT2D eigenvalue weighted by atomic mass is 10.2. The van der Waals surface area contributed by atoms with Gasteiger partial charge >= 0.3 is 0 Å². The van der Waals surface area contributed by atoms with Gasteiger partial charge in [0.05, 0.1) is 16.7 Å². The van der Waals surface area contributed by atoms with E-state index in [0.29, 0.717) is 22.4 Å². The van der Waals surface area contributed by atoms with Crippen molar-refractivity contribution in [2.45, 2.75) is 33.1 Å². The van der Waals surface area contributed by atoms with E-state index >= 15 is 0 Å². The Kier molecular flexibility index (Phi) is 7.48. The predicted octanol–water partition coefficient (Wildman–Crippen LogP) is 4.46. The highest BCUT2D eigenvalue weighted by atomic mass is 35.5. The van der Waals surface area contributed by atoms with E-state index in [1.807, 2.05) is 19.1 Å². The Labute approximate surface area is 120 Å². The average molecular weight is 290 g/mol. The summed E-state index contributed by atoms with van der Waals surface area (Å²) < 4.78 is 5.63. The van der Waals surface area contributed by atoms with Crippen LogP contribution in [0.3, 0.4) is 0 Å². The number of rotatable bonds is 8. The van der Waals surface area contributed by atoms with Gasteiger partial charge in [-0.2, -0.15) is 0 Å². The zero-order valence-corrected chi connectivity index (χ0v) is 12.6. The molecule has 0 radical (unpaired) electrons. The number of unbranched alkanes of at least 4 members (excludes halogenated alkanes) is 1. The Balaban J connectivity index is 2.27. The number of benzene rings is 1. The average Bonchev–Trinajstić information content (AvgIpc) is 2.30. The third-order valence-corrected chi connectivity index (χ3v) is 3.16. The number of hydrogen-bond donors (Lipinski definition) is 1. The van der Waals surface area contributed by atoms with Crippen LogP contribution in [0.25, 0.3) is 0 Å². The maximum absolute atomic E-state index is 6.09. The molecule has 4 heteroatoms. The van der Waals surface area contributed by atoms with E-state index in [0.717, 1.165) is 25.1 Å². The molecular weight excluding hydrogens is 269 g/mol. The van der Waals surface area contributed by atoms with Crippen molar-refractivity contribution in [2.24, 2.45) is 0 Å². The van der Waals surface area contributed by atoms with E-state index in [1.165, 1.54) is 12.8 Å². The molecule has 18 heavy (non-hydrogen) atoms. The fourth-order valence-corrected chi connectivity index (χ4v) is 2.33. The van der Waals surface area contributed by atoms with Gasteiger partial charge in [-0.15, -0.1) is 0 Å². The highest BCUT2D eigenvalue weighted by Gasteiger charge is 2.07. The van der Waals surface area contributed by atoms with Crippen LogP contribution in [-0.2, 0) is 0 Å². The van der Waals surface area contributed by atoms with Gasteiger partial charge in [-0.3, -0.25) is 0 Å². The lowest BCUT2D eigenvalue weighted by Gasteiger charge is -2.11. The summed E-state index contributed by atoms with van der Waals surface area (Å²) in [5.74, 6) is 0.595. The molecule has 0 aromatic heterocycles.